The van der Waals surface area contributed by atoms with E-state index in [2.05, 4.69) is 61.3 Å². The fourth-order valence-corrected chi connectivity index (χ4v) is 3.13. The highest BCUT2D eigenvalue weighted by Crippen LogP contribution is 2.32. The van der Waals surface area contributed by atoms with Crippen molar-refractivity contribution in [3.8, 4) is 0 Å². The predicted molar refractivity (Wildman–Crippen MR) is 91.8 cm³/mol. The molecule has 2 heteroatoms. The number of likely N-dealkylation sites (N-methyl/N-ethyl adjacent to an activating group) is 1. The van der Waals surface area contributed by atoms with Crippen molar-refractivity contribution in [2.45, 2.75) is 57.9 Å². The second kappa shape index (κ2) is 7.95. The van der Waals surface area contributed by atoms with Crippen molar-refractivity contribution >= 4 is 0 Å². The van der Waals surface area contributed by atoms with Crippen LogP contribution < -0.4 is 5.32 Å². The lowest BCUT2D eigenvalue weighted by Crippen LogP contribution is -2.46. The molecule has 21 heavy (non-hydrogen) atoms. The van der Waals surface area contributed by atoms with Crippen LogP contribution >= 0.6 is 0 Å². The molecule has 0 spiro atoms. The third kappa shape index (κ3) is 4.82. The van der Waals surface area contributed by atoms with E-state index in [9.17, 15) is 0 Å². The molecule has 1 saturated carbocycles. The number of nitrogens with zero attached hydrogens (tertiary/aromatic N) is 1. The molecule has 0 saturated heterocycles. The van der Waals surface area contributed by atoms with Crippen LogP contribution in [0.15, 0.2) is 30.3 Å². The second-order valence-electron chi connectivity index (χ2n) is 6.76. The fraction of sp³-hybridized carbons (Fsp3) is 0.684. The molecule has 1 N–H and O–H groups in total. The van der Waals surface area contributed by atoms with Gasteiger partial charge in [-0.1, -0.05) is 57.5 Å². The monoisotopic (exact) mass is 288 g/mol. The predicted octanol–water partition coefficient (Wildman–Crippen LogP) is 3.82. The molecule has 1 aliphatic carbocycles. The number of hydrogen-bond donors (Lipinski definition) is 1. The van der Waals surface area contributed by atoms with E-state index in [0.29, 0.717) is 0 Å². The van der Waals surface area contributed by atoms with E-state index in [1.165, 1.54) is 44.3 Å². The summed E-state index contributed by atoms with van der Waals surface area (Å²) in [6.45, 7) is 11.4. The largest absolute Gasteiger partial charge is 0.316 e. The number of unbranched alkanes of at least 4 members (excludes halogenated alkanes) is 1. The molecule has 0 radical (unpaired) electrons. The van der Waals surface area contributed by atoms with Crippen LogP contribution in [-0.4, -0.2) is 37.1 Å². The lowest BCUT2D eigenvalue weighted by atomic mass is 9.81. The fourth-order valence-electron chi connectivity index (χ4n) is 3.13. The standard InChI is InChI=1S/C19H32N2/c1-4-6-14-21(18-12-13-18)16-19(3,15-20-5-2)17-10-8-7-9-11-17/h7-11,18,20H,4-6,12-16H2,1-3H3. The second-order valence-corrected chi connectivity index (χ2v) is 6.76. The highest BCUT2D eigenvalue weighted by atomic mass is 15.2. The van der Waals surface area contributed by atoms with Crippen LogP contribution in [0.4, 0.5) is 0 Å². The summed E-state index contributed by atoms with van der Waals surface area (Å²) in [5.41, 5.74) is 1.67. The first-order chi connectivity index (χ1) is 10.2. The molecule has 2 rings (SSSR count). The number of nitrogens with one attached hydrogen (secondary N) is 1. The molecule has 1 atom stereocenters. The van der Waals surface area contributed by atoms with Crippen LogP contribution in [0.2, 0.25) is 0 Å². The van der Waals surface area contributed by atoms with E-state index in [1.807, 2.05) is 0 Å². The summed E-state index contributed by atoms with van der Waals surface area (Å²) in [6, 6.07) is 11.9. The topological polar surface area (TPSA) is 15.3 Å². The zero-order valence-corrected chi connectivity index (χ0v) is 14.1. The summed E-state index contributed by atoms with van der Waals surface area (Å²) < 4.78 is 0. The number of benzene rings is 1. The molecule has 0 aromatic heterocycles. The molecule has 0 amide bonds. The van der Waals surface area contributed by atoms with Crippen molar-refractivity contribution in [1.82, 2.24) is 10.2 Å². The van der Waals surface area contributed by atoms with E-state index in [-0.39, 0.29) is 5.41 Å². The Balaban J connectivity index is 2.10. The van der Waals surface area contributed by atoms with Crippen molar-refractivity contribution in [1.29, 1.82) is 0 Å². The number of hydrogen-bond acceptors (Lipinski definition) is 2. The Labute approximate surface area is 130 Å². The summed E-state index contributed by atoms with van der Waals surface area (Å²) in [7, 11) is 0. The summed E-state index contributed by atoms with van der Waals surface area (Å²) >= 11 is 0. The molecular formula is C19H32N2. The Morgan fingerprint density at radius 1 is 1.19 bits per heavy atom. The van der Waals surface area contributed by atoms with Crippen LogP contribution in [0.25, 0.3) is 0 Å². The van der Waals surface area contributed by atoms with Gasteiger partial charge in [0.1, 0.15) is 0 Å². The van der Waals surface area contributed by atoms with Gasteiger partial charge in [0, 0.05) is 24.5 Å². The average Bonchev–Trinajstić information content (AvgIpc) is 3.35. The first kappa shape index (κ1) is 16.5. The van der Waals surface area contributed by atoms with Crippen LogP contribution in [-0.2, 0) is 5.41 Å². The third-order valence-electron chi connectivity index (χ3n) is 4.65. The Morgan fingerprint density at radius 3 is 2.48 bits per heavy atom. The molecular weight excluding hydrogens is 256 g/mol. The highest BCUT2D eigenvalue weighted by Gasteiger charge is 2.35. The molecule has 0 aliphatic heterocycles. The minimum absolute atomic E-state index is 0.202. The lowest BCUT2D eigenvalue weighted by molar-refractivity contribution is 0.199. The van der Waals surface area contributed by atoms with Gasteiger partial charge in [-0.2, -0.15) is 0 Å². The lowest BCUT2D eigenvalue weighted by Gasteiger charge is -2.36. The maximum Gasteiger partial charge on any atom is 0.0177 e. The molecule has 1 fully saturated rings. The Bertz CT molecular complexity index is 399. The average molecular weight is 288 g/mol. The van der Waals surface area contributed by atoms with Gasteiger partial charge in [-0.05, 0) is 37.9 Å². The first-order valence-corrected chi connectivity index (χ1v) is 8.70. The van der Waals surface area contributed by atoms with Crippen LogP contribution in [0.1, 0.15) is 52.0 Å². The molecule has 0 heterocycles. The van der Waals surface area contributed by atoms with Gasteiger partial charge in [-0.3, -0.25) is 4.90 Å². The van der Waals surface area contributed by atoms with Gasteiger partial charge in [-0.25, -0.2) is 0 Å². The minimum atomic E-state index is 0.202. The quantitative estimate of drug-likeness (QED) is 0.704. The molecule has 2 nitrogen and oxygen atoms in total. The Hall–Kier alpha value is -0.860. The van der Waals surface area contributed by atoms with E-state index in [4.69, 9.17) is 0 Å². The van der Waals surface area contributed by atoms with Gasteiger partial charge in [0.05, 0.1) is 0 Å². The first-order valence-electron chi connectivity index (χ1n) is 8.70. The van der Waals surface area contributed by atoms with Gasteiger partial charge in [0.2, 0.25) is 0 Å². The molecule has 1 unspecified atom stereocenters. The zero-order chi connectivity index (χ0) is 15.1. The molecule has 118 valence electrons. The summed E-state index contributed by atoms with van der Waals surface area (Å²) in [5.74, 6) is 0. The van der Waals surface area contributed by atoms with Crippen LogP contribution in [0.5, 0.6) is 0 Å². The van der Waals surface area contributed by atoms with Crippen molar-refractivity contribution in [2.24, 2.45) is 0 Å². The summed E-state index contributed by atoms with van der Waals surface area (Å²) in [5, 5.41) is 3.58. The summed E-state index contributed by atoms with van der Waals surface area (Å²) in [4.78, 5) is 2.74. The van der Waals surface area contributed by atoms with Crippen molar-refractivity contribution in [2.75, 3.05) is 26.2 Å². The van der Waals surface area contributed by atoms with Crippen LogP contribution in [0, 0.1) is 0 Å². The Morgan fingerprint density at radius 2 is 1.90 bits per heavy atom. The summed E-state index contributed by atoms with van der Waals surface area (Å²) in [6.07, 6.45) is 5.41. The SMILES string of the molecule is CCCCN(CC(C)(CNCC)c1ccccc1)C1CC1. The number of rotatable bonds is 10. The van der Waals surface area contributed by atoms with Gasteiger partial charge in [-0.15, -0.1) is 0 Å². The highest BCUT2D eigenvalue weighted by molar-refractivity contribution is 5.26. The molecule has 1 aromatic carbocycles. The maximum absolute atomic E-state index is 3.58. The maximum atomic E-state index is 3.58. The van der Waals surface area contributed by atoms with E-state index in [1.54, 1.807) is 0 Å². The van der Waals surface area contributed by atoms with Crippen LogP contribution in [0.3, 0.4) is 0 Å². The van der Waals surface area contributed by atoms with E-state index in [0.717, 1.165) is 19.1 Å². The third-order valence-corrected chi connectivity index (χ3v) is 4.65. The normalized spacial score (nSPS) is 17.9. The van der Waals surface area contributed by atoms with Gasteiger partial charge < -0.3 is 5.32 Å². The van der Waals surface area contributed by atoms with E-state index >= 15 is 0 Å². The van der Waals surface area contributed by atoms with Crippen molar-refractivity contribution in [3.63, 3.8) is 0 Å². The molecule has 1 aliphatic rings. The Kier molecular flexibility index (Phi) is 6.25. The zero-order valence-electron chi connectivity index (χ0n) is 14.1. The van der Waals surface area contributed by atoms with E-state index < -0.39 is 0 Å². The smallest absolute Gasteiger partial charge is 0.0177 e. The molecule has 0 bridgehead atoms. The van der Waals surface area contributed by atoms with Gasteiger partial charge in [0.15, 0.2) is 0 Å². The van der Waals surface area contributed by atoms with Crippen molar-refractivity contribution < 1.29 is 0 Å². The van der Waals surface area contributed by atoms with Crippen molar-refractivity contribution in [3.05, 3.63) is 35.9 Å². The van der Waals surface area contributed by atoms with Gasteiger partial charge >= 0.3 is 0 Å². The minimum Gasteiger partial charge on any atom is -0.316 e. The molecule has 1 aromatic rings. The van der Waals surface area contributed by atoms with Gasteiger partial charge in [0.25, 0.3) is 0 Å².